The van der Waals surface area contributed by atoms with Crippen molar-refractivity contribution in [2.75, 3.05) is 13.1 Å². The molecule has 0 spiro atoms. The van der Waals surface area contributed by atoms with Crippen LogP contribution in [0.25, 0.3) is 22.4 Å². The van der Waals surface area contributed by atoms with Crippen LogP contribution in [-0.4, -0.2) is 78.5 Å². The molecule has 3 aromatic carbocycles. The molecular formula is C68H94N4O7. The van der Waals surface area contributed by atoms with Gasteiger partial charge in [0.25, 0.3) is 0 Å². The standard InChI is InChI=1S/C68H94N4O7/c1-4-5-8-15-44-24-27-50(61(74)35-44)18-13-14-19-51-28-29-55(60-40-56(49-16-9-6-10-17-49)66(72-60)58-38-54(73)39-62(75)57(58)33-45-22-25-48(26-23-45)43(2)3)59-34-47(32-46-30-31-70-64(69)36-46)41-68(59,79)52(37-63(76)65(51)67(77)78)42-71-53-20-11-7-12-21-53/h6,9-10,16-17,22-27,30,36,38-40,43-44,47,50-53,55,59,61,63,65,70-76,79H,4-5,7-8,11-15,18-21,28-29,31-35,37,41-42,69H2,1-3H3,(H,77,78)/t44-,47+,50-,51+,52-,55-,59-,61+,63+,65+,68-/m0/s1. The lowest BCUT2D eigenvalue weighted by Gasteiger charge is -2.45. The number of hydrogen-bond donors (Lipinski definition) is 10. The Kier molecular flexibility index (Phi) is 19.9. The number of carboxylic acid groups (broad SMARTS) is 1. The SMILES string of the molecule is CCCCC[C@H]1C=C[C@H](CCCC[C@@H]2CC[C@H](c3cc(-c4ccccc4)c(-c4cc(O)cc(O)c4Cc4ccc(C(C)C)cc4)[nH]3)[C@@H]3C[C@@H](CC4=CCNC(N)=C4)C[C@]3(O)[C@H](CNC3CCCCC3)C[C@@H](O)[C@@H]2C(=O)O)[C@H](O)C1. The lowest BCUT2D eigenvalue weighted by Crippen LogP contribution is -2.52. The second kappa shape index (κ2) is 27.0. The van der Waals surface area contributed by atoms with Crippen LogP contribution in [-0.2, 0) is 11.2 Å². The fourth-order valence-corrected chi connectivity index (χ4v) is 15.1. The topological polar surface area (TPSA) is 204 Å². The van der Waals surface area contributed by atoms with Crippen LogP contribution in [0.2, 0.25) is 0 Å². The first kappa shape index (κ1) is 58.3. The Labute approximate surface area is 471 Å². The number of nitrogens with two attached hydrogens (primary N) is 1. The van der Waals surface area contributed by atoms with Gasteiger partial charge in [-0.3, -0.25) is 4.79 Å². The van der Waals surface area contributed by atoms with Crippen LogP contribution in [0.5, 0.6) is 11.5 Å². The molecule has 0 amide bonds. The number of hydrogen-bond acceptors (Lipinski definition) is 9. The number of benzene rings is 3. The number of carbonyl (C=O) groups is 1. The zero-order valence-electron chi connectivity index (χ0n) is 47.6. The monoisotopic (exact) mass is 1080 g/mol. The highest BCUT2D eigenvalue weighted by Gasteiger charge is 2.55. The summed E-state index contributed by atoms with van der Waals surface area (Å²) < 4.78 is 0. The number of H-pyrrole nitrogens is 1. The summed E-state index contributed by atoms with van der Waals surface area (Å²) in [4.78, 5) is 17.8. The molecule has 0 radical (unpaired) electrons. The fourth-order valence-electron chi connectivity index (χ4n) is 15.1. The molecule has 428 valence electrons. The number of aromatic hydroxyl groups is 2. The van der Waals surface area contributed by atoms with Gasteiger partial charge in [-0.25, -0.2) is 0 Å². The van der Waals surface area contributed by atoms with Gasteiger partial charge in [-0.1, -0.05) is 145 Å². The zero-order chi connectivity index (χ0) is 55.6. The molecule has 9 rings (SSSR count). The normalized spacial score (nSPS) is 28.7. The van der Waals surface area contributed by atoms with Gasteiger partial charge in [-0.15, -0.1) is 0 Å². The summed E-state index contributed by atoms with van der Waals surface area (Å²) in [6.45, 7) is 7.67. The number of aliphatic hydroxyl groups is 3. The number of fused-ring (bicyclic) bond motifs is 1. The van der Waals surface area contributed by atoms with E-state index in [4.69, 9.17) is 5.73 Å². The molecule has 3 fully saturated rings. The number of aromatic nitrogens is 1. The van der Waals surface area contributed by atoms with Crippen LogP contribution in [0.1, 0.15) is 183 Å². The summed E-state index contributed by atoms with van der Waals surface area (Å²) in [5.74, 6) is -1.81. The van der Waals surface area contributed by atoms with Crippen molar-refractivity contribution >= 4 is 5.97 Å². The Morgan fingerprint density at radius 3 is 2.32 bits per heavy atom. The van der Waals surface area contributed by atoms with Gasteiger partial charge in [0.05, 0.1) is 35.2 Å². The van der Waals surface area contributed by atoms with E-state index in [1.54, 1.807) is 6.07 Å². The summed E-state index contributed by atoms with van der Waals surface area (Å²) in [6.07, 6.45) is 25.0. The Bertz CT molecular complexity index is 2710. The van der Waals surface area contributed by atoms with Crippen LogP contribution in [0.15, 0.2) is 108 Å². The maximum Gasteiger partial charge on any atom is 0.309 e. The number of allylic oxidation sites excluding steroid dienone is 3. The number of nitrogens with one attached hydrogen (secondary N) is 3. The molecular weight excluding hydrogens is 985 g/mol. The Morgan fingerprint density at radius 1 is 0.835 bits per heavy atom. The third-order valence-electron chi connectivity index (χ3n) is 19.5. The van der Waals surface area contributed by atoms with Gasteiger partial charge in [0.1, 0.15) is 11.5 Å². The van der Waals surface area contributed by atoms with Gasteiger partial charge in [-0.05, 0) is 147 Å². The Morgan fingerprint density at radius 2 is 1.59 bits per heavy atom. The maximum atomic E-state index is 14.1. The van der Waals surface area contributed by atoms with E-state index in [9.17, 15) is 35.4 Å². The minimum atomic E-state index is -1.28. The maximum absolute atomic E-state index is 14.1. The third kappa shape index (κ3) is 14.4. The van der Waals surface area contributed by atoms with Crippen LogP contribution in [0.3, 0.4) is 0 Å². The average Bonchev–Trinajstić information content (AvgIpc) is 4.02. The van der Waals surface area contributed by atoms with Crippen molar-refractivity contribution < 1.29 is 35.4 Å². The summed E-state index contributed by atoms with van der Waals surface area (Å²) in [5, 5.41) is 79.5. The van der Waals surface area contributed by atoms with E-state index >= 15 is 0 Å². The molecule has 1 aliphatic heterocycles. The van der Waals surface area contributed by atoms with Crippen molar-refractivity contribution in [3.63, 3.8) is 0 Å². The number of dihydropyridines is 1. The van der Waals surface area contributed by atoms with Crippen molar-refractivity contribution in [2.24, 2.45) is 47.2 Å². The Hall–Kier alpha value is -5.33. The third-order valence-corrected chi connectivity index (χ3v) is 19.5. The van der Waals surface area contributed by atoms with Crippen LogP contribution in [0, 0.1) is 41.4 Å². The summed E-state index contributed by atoms with van der Waals surface area (Å²) >= 11 is 0. The zero-order valence-corrected chi connectivity index (χ0v) is 47.6. The molecule has 3 saturated carbocycles. The predicted molar refractivity (Wildman–Crippen MR) is 317 cm³/mol. The second-order valence-electron chi connectivity index (χ2n) is 25.3. The van der Waals surface area contributed by atoms with E-state index in [2.05, 4.69) is 97.1 Å². The number of phenolic OH excluding ortho intramolecular Hbond substituents is 2. The minimum absolute atomic E-state index is 0.00162. The van der Waals surface area contributed by atoms with Gasteiger partial charge >= 0.3 is 5.97 Å². The summed E-state index contributed by atoms with van der Waals surface area (Å²) in [7, 11) is 0. The molecule has 11 atom stereocenters. The Balaban J connectivity index is 1.12. The number of aromatic amines is 1. The first-order valence-corrected chi connectivity index (χ1v) is 30.7. The number of phenols is 2. The van der Waals surface area contributed by atoms with Gasteiger partial charge in [0.15, 0.2) is 0 Å². The number of unbranched alkanes of at least 4 members (excludes halogenated alkanes) is 3. The molecule has 2 heterocycles. The van der Waals surface area contributed by atoms with E-state index in [0.717, 1.165) is 104 Å². The van der Waals surface area contributed by atoms with Crippen LogP contribution in [0.4, 0.5) is 0 Å². The molecule has 1 aromatic heterocycles. The van der Waals surface area contributed by atoms with E-state index in [0.29, 0.717) is 74.0 Å². The number of aliphatic carboxylic acids is 1. The highest BCUT2D eigenvalue weighted by Crippen LogP contribution is 2.56. The number of carboxylic acids is 1. The van der Waals surface area contributed by atoms with Crippen molar-refractivity contribution in [3.05, 3.63) is 131 Å². The van der Waals surface area contributed by atoms with Crippen molar-refractivity contribution in [1.29, 1.82) is 0 Å². The van der Waals surface area contributed by atoms with E-state index in [-0.39, 0.29) is 59.7 Å². The molecule has 4 aromatic rings. The largest absolute Gasteiger partial charge is 0.508 e. The smallest absolute Gasteiger partial charge is 0.309 e. The molecule has 11 N–H and O–H groups in total. The first-order chi connectivity index (χ1) is 38.2. The van der Waals surface area contributed by atoms with E-state index in [1.807, 2.05) is 24.3 Å². The van der Waals surface area contributed by atoms with Gasteiger partial charge in [-0.2, -0.15) is 0 Å². The highest BCUT2D eigenvalue weighted by atomic mass is 16.4. The van der Waals surface area contributed by atoms with E-state index < -0.39 is 29.5 Å². The van der Waals surface area contributed by atoms with Crippen molar-refractivity contribution in [1.82, 2.24) is 15.6 Å². The number of rotatable bonds is 21. The predicted octanol–water partition coefficient (Wildman–Crippen LogP) is 13.1. The lowest BCUT2D eigenvalue weighted by atomic mass is 9.65. The molecule has 0 unspecified atom stereocenters. The fraction of sp³-hybridized carbons (Fsp3) is 0.574. The van der Waals surface area contributed by atoms with Crippen LogP contribution >= 0.6 is 0 Å². The second-order valence-corrected chi connectivity index (χ2v) is 25.3. The highest BCUT2D eigenvalue weighted by molar-refractivity contribution is 5.85. The molecule has 0 saturated heterocycles. The first-order valence-electron chi connectivity index (χ1n) is 30.7. The molecule has 4 aliphatic carbocycles. The van der Waals surface area contributed by atoms with Crippen molar-refractivity contribution in [3.8, 4) is 33.9 Å². The summed E-state index contributed by atoms with van der Waals surface area (Å²) in [6, 6.07) is 24.4. The molecule has 11 heteroatoms. The molecule has 11 nitrogen and oxygen atoms in total. The number of aliphatic hydroxyl groups excluding tert-OH is 2. The van der Waals surface area contributed by atoms with Gasteiger partial charge < -0.3 is 52.0 Å². The minimum Gasteiger partial charge on any atom is -0.508 e. The van der Waals surface area contributed by atoms with Crippen LogP contribution < -0.4 is 16.4 Å². The molecule has 5 aliphatic rings. The van der Waals surface area contributed by atoms with Gasteiger partial charge in [0, 0.05) is 71.8 Å². The van der Waals surface area contributed by atoms with Gasteiger partial charge in [0.2, 0.25) is 0 Å². The molecule has 0 bridgehead atoms. The quantitative estimate of drug-likeness (QED) is 0.0282. The lowest BCUT2D eigenvalue weighted by molar-refractivity contribution is -0.152. The summed E-state index contributed by atoms with van der Waals surface area (Å²) in [5.41, 5.74) is 13.4. The average molecular weight is 1080 g/mol. The van der Waals surface area contributed by atoms with Crippen molar-refractivity contribution in [2.45, 2.75) is 191 Å². The van der Waals surface area contributed by atoms with E-state index in [1.165, 1.54) is 37.3 Å². The molecule has 79 heavy (non-hydrogen) atoms.